The highest BCUT2D eigenvalue weighted by Crippen LogP contribution is 2.11. The second kappa shape index (κ2) is 4.95. The molecule has 0 spiro atoms. The van der Waals surface area contributed by atoms with Crippen LogP contribution in [0.25, 0.3) is 0 Å². The van der Waals surface area contributed by atoms with E-state index in [2.05, 4.69) is 20.4 Å². The first-order chi connectivity index (χ1) is 8.59. The summed E-state index contributed by atoms with van der Waals surface area (Å²) in [5.74, 6) is -0.182. The molecule has 0 saturated heterocycles. The first-order valence-electron chi connectivity index (χ1n) is 5.62. The molecule has 0 atom stereocenters. The van der Waals surface area contributed by atoms with Crippen LogP contribution in [-0.4, -0.2) is 25.7 Å². The van der Waals surface area contributed by atoms with Gasteiger partial charge < -0.3 is 5.32 Å². The van der Waals surface area contributed by atoms with E-state index in [1.54, 1.807) is 0 Å². The van der Waals surface area contributed by atoms with Gasteiger partial charge in [-0.05, 0) is 13.8 Å². The normalized spacial score (nSPS) is 10.4. The first-order valence-corrected chi connectivity index (χ1v) is 5.62. The van der Waals surface area contributed by atoms with Gasteiger partial charge in [-0.25, -0.2) is 9.97 Å². The SMILES string of the molecule is Cc1nn(C)c(C)c1CNC(=O)c1cncnc1. The molecule has 0 fully saturated rings. The van der Waals surface area contributed by atoms with E-state index in [9.17, 15) is 4.79 Å². The summed E-state index contributed by atoms with van der Waals surface area (Å²) in [5, 5.41) is 7.14. The third-order valence-electron chi connectivity index (χ3n) is 2.91. The number of aryl methyl sites for hydroxylation is 2. The number of carbonyl (C=O) groups is 1. The van der Waals surface area contributed by atoms with Gasteiger partial charge in [0.05, 0.1) is 11.3 Å². The van der Waals surface area contributed by atoms with E-state index < -0.39 is 0 Å². The van der Waals surface area contributed by atoms with Crippen LogP contribution in [0.2, 0.25) is 0 Å². The topological polar surface area (TPSA) is 72.7 Å². The fraction of sp³-hybridized carbons (Fsp3) is 0.333. The van der Waals surface area contributed by atoms with Crippen LogP contribution in [0.1, 0.15) is 27.3 Å². The lowest BCUT2D eigenvalue weighted by atomic mass is 10.2. The highest BCUT2D eigenvalue weighted by atomic mass is 16.1. The number of amides is 1. The molecule has 0 aliphatic rings. The first kappa shape index (κ1) is 12.2. The summed E-state index contributed by atoms with van der Waals surface area (Å²) >= 11 is 0. The number of nitrogens with one attached hydrogen (secondary N) is 1. The summed E-state index contributed by atoms with van der Waals surface area (Å²) in [4.78, 5) is 19.5. The molecule has 0 aromatic carbocycles. The highest BCUT2D eigenvalue weighted by Gasteiger charge is 2.11. The molecule has 2 aromatic heterocycles. The molecular formula is C12H15N5O. The molecule has 0 bridgehead atoms. The van der Waals surface area contributed by atoms with Gasteiger partial charge in [-0.3, -0.25) is 9.48 Å². The molecule has 0 aliphatic heterocycles. The third-order valence-corrected chi connectivity index (χ3v) is 2.91. The van der Waals surface area contributed by atoms with E-state index in [1.807, 2.05) is 25.6 Å². The Morgan fingerprint density at radius 2 is 2.00 bits per heavy atom. The van der Waals surface area contributed by atoms with Crippen LogP contribution < -0.4 is 5.32 Å². The molecule has 6 heteroatoms. The van der Waals surface area contributed by atoms with Crippen molar-refractivity contribution >= 4 is 5.91 Å². The van der Waals surface area contributed by atoms with Crippen LogP contribution in [0, 0.1) is 13.8 Å². The molecule has 2 heterocycles. The van der Waals surface area contributed by atoms with Crippen LogP contribution in [0.5, 0.6) is 0 Å². The smallest absolute Gasteiger partial charge is 0.254 e. The van der Waals surface area contributed by atoms with Crippen molar-refractivity contribution in [2.24, 2.45) is 7.05 Å². The van der Waals surface area contributed by atoms with E-state index >= 15 is 0 Å². The van der Waals surface area contributed by atoms with Gasteiger partial charge in [0.2, 0.25) is 0 Å². The van der Waals surface area contributed by atoms with Gasteiger partial charge in [0.25, 0.3) is 5.91 Å². The summed E-state index contributed by atoms with van der Waals surface area (Å²) < 4.78 is 1.81. The number of carbonyl (C=O) groups excluding carboxylic acids is 1. The minimum absolute atomic E-state index is 0.182. The zero-order valence-electron chi connectivity index (χ0n) is 10.6. The standard InChI is InChI=1S/C12H15N5O/c1-8-11(9(2)17(3)16-8)6-15-12(18)10-4-13-7-14-5-10/h4-5,7H,6H2,1-3H3,(H,15,18). The van der Waals surface area contributed by atoms with Crippen molar-refractivity contribution in [3.8, 4) is 0 Å². The van der Waals surface area contributed by atoms with Gasteiger partial charge >= 0.3 is 0 Å². The van der Waals surface area contributed by atoms with E-state index in [1.165, 1.54) is 18.7 Å². The Kier molecular flexibility index (Phi) is 3.36. The van der Waals surface area contributed by atoms with Crippen molar-refractivity contribution in [2.75, 3.05) is 0 Å². The van der Waals surface area contributed by atoms with Crippen LogP contribution >= 0.6 is 0 Å². The van der Waals surface area contributed by atoms with E-state index in [0.717, 1.165) is 17.0 Å². The molecule has 0 saturated carbocycles. The van der Waals surface area contributed by atoms with E-state index in [0.29, 0.717) is 12.1 Å². The lowest BCUT2D eigenvalue weighted by Gasteiger charge is -2.05. The summed E-state index contributed by atoms with van der Waals surface area (Å²) in [6.07, 6.45) is 4.38. The fourth-order valence-corrected chi connectivity index (χ4v) is 1.76. The maximum Gasteiger partial charge on any atom is 0.254 e. The quantitative estimate of drug-likeness (QED) is 0.866. The Labute approximate surface area is 105 Å². The van der Waals surface area contributed by atoms with E-state index in [4.69, 9.17) is 0 Å². The third kappa shape index (κ3) is 2.37. The number of hydrogen-bond acceptors (Lipinski definition) is 4. The molecule has 0 radical (unpaired) electrons. The van der Waals surface area contributed by atoms with Gasteiger partial charge in [-0.15, -0.1) is 0 Å². The van der Waals surface area contributed by atoms with Crippen molar-refractivity contribution in [2.45, 2.75) is 20.4 Å². The summed E-state index contributed by atoms with van der Waals surface area (Å²) in [7, 11) is 1.89. The van der Waals surface area contributed by atoms with Gasteiger partial charge in [-0.2, -0.15) is 5.10 Å². The van der Waals surface area contributed by atoms with Crippen molar-refractivity contribution in [1.29, 1.82) is 0 Å². The molecule has 2 rings (SSSR count). The predicted molar refractivity (Wildman–Crippen MR) is 65.9 cm³/mol. The van der Waals surface area contributed by atoms with Crippen molar-refractivity contribution < 1.29 is 4.79 Å². The van der Waals surface area contributed by atoms with Crippen LogP contribution in [0.15, 0.2) is 18.7 Å². The number of hydrogen-bond donors (Lipinski definition) is 1. The molecule has 94 valence electrons. The van der Waals surface area contributed by atoms with Crippen LogP contribution in [-0.2, 0) is 13.6 Å². The summed E-state index contributed by atoms with van der Waals surface area (Å²) in [6.45, 7) is 4.37. The molecule has 0 unspecified atom stereocenters. The molecular weight excluding hydrogens is 230 g/mol. The molecule has 0 aliphatic carbocycles. The molecule has 2 aromatic rings. The molecule has 1 N–H and O–H groups in total. The minimum Gasteiger partial charge on any atom is -0.348 e. The van der Waals surface area contributed by atoms with Crippen molar-refractivity contribution in [3.63, 3.8) is 0 Å². The number of rotatable bonds is 3. The second-order valence-corrected chi connectivity index (χ2v) is 4.08. The summed E-state index contributed by atoms with van der Waals surface area (Å²) in [6, 6.07) is 0. The predicted octanol–water partition coefficient (Wildman–Crippen LogP) is 0.757. The van der Waals surface area contributed by atoms with Crippen LogP contribution in [0.4, 0.5) is 0 Å². The second-order valence-electron chi connectivity index (χ2n) is 4.08. The van der Waals surface area contributed by atoms with Gasteiger partial charge in [0.1, 0.15) is 6.33 Å². The molecule has 1 amide bonds. The van der Waals surface area contributed by atoms with Gasteiger partial charge in [0, 0.05) is 37.2 Å². The number of aromatic nitrogens is 4. The zero-order valence-corrected chi connectivity index (χ0v) is 10.6. The fourth-order valence-electron chi connectivity index (χ4n) is 1.76. The molecule has 18 heavy (non-hydrogen) atoms. The Bertz CT molecular complexity index is 561. The summed E-state index contributed by atoms with van der Waals surface area (Å²) in [5.41, 5.74) is 3.48. The maximum absolute atomic E-state index is 11.8. The van der Waals surface area contributed by atoms with Gasteiger partial charge in [-0.1, -0.05) is 0 Å². The Balaban J connectivity index is 2.06. The largest absolute Gasteiger partial charge is 0.348 e. The van der Waals surface area contributed by atoms with E-state index in [-0.39, 0.29) is 5.91 Å². The lowest BCUT2D eigenvalue weighted by Crippen LogP contribution is -2.23. The lowest BCUT2D eigenvalue weighted by molar-refractivity contribution is 0.0950. The van der Waals surface area contributed by atoms with Gasteiger partial charge in [0.15, 0.2) is 0 Å². The Morgan fingerprint density at radius 1 is 1.33 bits per heavy atom. The average Bonchev–Trinajstić information content (AvgIpc) is 2.62. The average molecular weight is 245 g/mol. The van der Waals surface area contributed by atoms with Crippen molar-refractivity contribution in [3.05, 3.63) is 41.2 Å². The molecule has 6 nitrogen and oxygen atoms in total. The monoisotopic (exact) mass is 245 g/mol. The van der Waals surface area contributed by atoms with Crippen molar-refractivity contribution in [1.82, 2.24) is 25.1 Å². The Morgan fingerprint density at radius 3 is 2.56 bits per heavy atom. The van der Waals surface area contributed by atoms with Crippen LogP contribution in [0.3, 0.4) is 0 Å². The number of nitrogens with zero attached hydrogens (tertiary/aromatic N) is 4. The zero-order chi connectivity index (χ0) is 13.1. The maximum atomic E-state index is 11.8. The Hall–Kier alpha value is -2.24. The minimum atomic E-state index is -0.182. The highest BCUT2D eigenvalue weighted by molar-refractivity contribution is 5.93.